The summed E-state index contributed by atoms with van der Waals surface area (Å²) >= 11 is 3.21. The Morgan fingerprint density at radius 2 is 2.19 bits per heavy atom. The summed E-state index contributed by atoms with van der Waals surface area (Å²) in [5.41, 5.74) is 0.448. The van der Waals surface area contributed by atoms with Gasteiger partial charge in [-0.15, -0.1) is 0 Å². The van der Waals surface area contributed by atoms with Crippen LogP contribution >= 0.6 is 15.9 Å². The first-order valence-electron chi connectivity index (χ1n) is 4.85. The number of carbonyl (C=O) groups excluding carboxylic acids is 1. The summed E-state index contributed by atoms with van der Waals surface area (Å²) in [5, 5.41) is 8.52. The molecule has 1 heterocycles. The van der Waals surface area contributed by atoms with Gasteiger partial charge in [0.25, 0.3) is 0 Å². The van der Waals surface area contributed by atoms with Crippen LogP contribution in [-0.2, 0) is 16.0 Å². The first-order chi connectivity index (χ1) is 7.58. The van der Waals surface area contributed by atoms with Crippen molar-refractivity contribution in [1.82, 2.24) is 9.97 Å². The monoisotopic (exact) mass is 284 g/mol. The van der Waals surface area contributed by atoms with Gasteiger partial charge in [0, 0.05) is 12.1 Å². The third kappa shape index (κ3) is 2.44. The van der Waals surface area contributed by atoms with Crippen LogP contribution in [0.2, 0.25) is 0 Å². The molecule has 1 aromatic rings. The summed E-state index contributed by atoms with van der Waals surface area (Å²) in [6, 6.07) is 0. The quantitative estimate of drug-likeness (QED) is 0.844. The van der Waals surface area contributed by atoms with Crippen LogP contribution in [0.15, 0.2) is 10.7 Å². The summed E-state index contributed by atoms with van der Waals surface area (Å²) in [7, 11) is 0. The first kappa shape index (κ1) is 11.2. The number of rotatable bonds is 4. The summed E-state index contributed by atoms with van der Waals surface area (Å²) in [6.07, 6.45) is 3.51. The highest BCUT2D eigenvalue weighted by Gasteiger charge is 2.27. The maximum Gasteiger partial charge on any atom is 0.372 e. The van der Waals surface area contributed by atoms with Crippen LogP contribution in [0.1, 0.15) is 30.3 Å². The highest BCUT2D eigenvalue weighted by molar-refractivity contribution is 9.10. The molecule has 0 spiro atoms. The Hall–Kier alpha value is -1.30. The van der Waals surface area contributed by atoms with E-state index < -0.39 is 11.8 Å². The molecule has 84 valence electrons. The highest BCUT2D eigenvalue weighted by Crippen LogP contribution is 2.38. The number of nitrogens with zero attached hydrogens (tertiary/aromatic N) is 2. The molecule has 1 aliphatic rings. The zero-order valence-electron chi connectivity index (χ0n) is 8.31. The predicted octanol–water partition coefficient (Wildman–Crippen LogP) is 1.31. The lowest BCUT2D eigenvalue weighted by Crippen LogP contribution is -2.16. The van der Waals surface area contributed by atoms with Crippen molar-refractivity contribution < 1.29 is 14.7 Å². The molecule has 0 bridgehead atoms. The van der Waals surface area contributed by atoms with E-state index in [1.54, 1.807) is 6.20 Å². The zero-order chi connectivity index (χ0) is 11.7. The molecule has 0 aromatic carbocycles. The number of aromatic nitrogens is 2. The molecule has 1 N–H and O–H groups in total. The second-order valence-electron chi connectivity index (χ2n) is 3.70. The van der Waals surface area contributed by atoms with Crippen molar-refractivity contribution in [1.29, 1.82) is 0 Å². The third-order valence-electron chi connectivity index (χ3n) is 2.34. The van der Waals surface area contributed by atoms with Crippen LogP contribution in [0.3, 0.4) is 0 Å². The maximum absolute atomic E-state index is 11.1. The fourth-order valence-electron chi connectivity index (χ4n) is 1.31. The molecule has 0 amide bonds. The lowest BCUT2D eigenvalue weighted by molar-refractivity contribution is -0.148. The molecule has 1 aromatic heterocycles. The van der Waals surface area contributed by atoms with Crippen molar-refractivity contribution in [3.8, 4) is 0 Å². The van der Waals surface area contributed by atoms with E-state index in [0.29, 0.717) is 21.9 Å². The van der Waals surface area contributed by atoms with Gasteiger partial charge in [0.1, 0.15) is 5.82 Å². The van der Waals surface area contributed by atoms with Gasteiger partial charge in [-0.05, 0) is 28.8 Å². The molecule has 1 aliphatic carbocycles. The molecule has 16 heavy (non-hydrogen) atoms. The minimum Gasteiger partial charge on any atom is -0.475 e. The van der Waals surface area contributed by atoms with Crippen LogP contribution in [0.25, 0.3) is 0 Å². The summed E-state index contributed by atoms with van der Waals surface area (Å²) in [6.45, 7) is 0. The minimum absolute atomic E-state index is 0.196. The van der Waals surface area contributed by atoms with Crippen LogP contribution in [0.4, 0.5) is 0 Å². The smallest absolute Gasteiger partial charge is 0.372 e. The van der Waals surface area contributed by atoms with Crippen molar-refractivity contribution in [2.45, 2.75) is 25.2 Å². The second-order valence-corrected chi connectivity index (χ2v) is 4.56. The summed E-state index contributed by atoms with van der Waals surface area (Å²) in [4.78, 5) is 29.9. The van der Waals surface area contributed by atoms with Gasteiger partial charge >= 0.3 is 5.97 Å². The lowest BCUT2D eigenvalue weighted by atomic mass is 10.2. The van der Waals surface area contributed by atoms with Crippen molar-refractivity contribution in [2.24, 2.45) is 0 Å². The zero-order valence-corrected chi connectivity index (χ0v) is 9.90. The van der Waals surface area contributed by atoms with Crippen LogP contribution in [-0.4, -0.2) is 26.8 Å². The Morgan fingerprint density at radius 3 is 2.75 bits per heavy atom. The number of aliphatic carboxylic acids is 1. The average molecular weight is 285 g/mol. The van der Waals surface area contributed by atoms with Gasteiger partial charge in [0.2, 0.25) is 5.78 Å². The molecule has 0 unspecified atom stereocenters. The third-order valence-corrected chi connectivity index (χ3v) is 3.01. The molecule has 5 nitrogen and oxygen atoms in total. The normalized spacial score (nSPS) is 14.8. The average Bonchev–Trinajstić information content (AvgIpc) is 3.04. The Morgan fingerprint density at radius 1 is 1.50 bits per heavy atom. The van der Waals surface area contributed by atoms with E-state index in [4.69, 9.17) is 5.11 Å². The molecule has 0 saturated heterocycles. The lowest BCUT2D eigenvalue weighted by Gasteiger charge is -2.03. The molecular weight excluding hydrogens is 276 g/mol. The minimum atomic E-state index is -1.43. The van der Waals surface area contributed by atoms with Gasteiger partial charge in [0.05, 0.1) is 16.6 Å². The fourth-order valence-corrected chi connectivity index (χ4v) is 1.64. The number of Topliss-reactive ketones (excluding diaryl/α,β-unsaturated/α-hetero) is 1. The standard InChI is InChI=1S/C10H9BrN2O3/c11-6-4-12-9(5-1-2-5)13-7(6)3-8(14)10(15)16/h4-5H,1-3H2,(H,15,16). The van der Waals surface area contributed by atoms with Crippen molar-refractivity contribution in [2.75, 3.05) is 0 Å². The van der Waals surface area contributed by atoms with Gasteiger partial charge in [0.15, 0.2) is 0 Å². The highest BCUT2D eigenvalue weighted by atomic mass is 79.9. The van der Waals surface area contributed by atoms with E-state index >= 15 is 0 Å². The molecule has 2 rings (SSSR count). The van der Waals surface area contributed by atoms with E-state index in [-0.39, 0.29) is 6.42 Å². The van der Waals surface area contributed by atoms with Crippen LogP contribution in [0, 0.1) is 0 Å². The predicted molar refractivity (Wildman–Crippen MR) is 58.1 cm³/mol. The first-order valence-corrected chi connectivity index (χ1v) is 5.64. The van der Waals surface area contributed by atoms with Gasteiger partial charge in [-0.2, -0.15) is 0 Å². The van der Waals surface area contributed by atoms with Gasteiger partial charge in [-0.3, -0.25) is 4.79 Å². The summed E-state index contributed by atoms with van der Waals surface area (Å²) in [5.74, 6) is -1.21. The van der Waals surface area contributed by atoms with Crippen LogP contribution < -0.4 is 0 Å². The Kier molecular flexibility index (Phi) is 3.00. The SMILES string of the molecule is O=C(O)C(=O)Cc1nc(C2CC2)ncc1Br. The van der Waals surface area contributed by atoms with E-state index in [2.05, 4.69) is 25.9 Å². The number of carboxylic acid groups (broad SMARTS) is 1. The largest absolute Gasteiger partial charge is 0.475 e. The molecule has 1 fully saturated rings. The van der Waals surface area contributed by atoms with Crippen molar-refractivity contribution in [3.63, 3.8) is 0 Å². The Balaban J connectivity index is 2.21. The number of carboxylic acids is 1. The number of hydrogen-bond acceptors (Lipinski definition) is 4. The molecular formula is C10H9BrN2O3. The molecule has 6 heteroatoms. The van der Waals surface area contributed by atoms with E-state index in [1.165, 1.54) is 0 Å². The maximum atomic E-state index is 11.1. The Bertz CT molecular complexity index is 457. The van der Waals surface area contributed by atoms with Gasteiger partial charge in [-0.1, -0.05) is 0 Å². The van der Waals surface area contributed by atoms with Crippen molar-refractivity contribution >= 4 is 27.7 Å². The molecule has 0 aliphatic heterocycles. The van der Waals surface area contributed by atoms with Crippen LogP contribution in [0.5, 0.6) is 0 Å². The molecule has 0 atom stereocenters. The number of halogens is 1. The van der Waals surface area contributed by atoms with E-state index in [0.717, 1.165) is 12.8 Å². The number of ketones is 1. The number of carbonyl (C=O) groups is 2. The van der Waals surface area contributed by atoms with Gasteiger partial charge in [-0.25, -0.2) is 14.8 Å². The topological polar surface area (TPSA) is 80.1 Å². The van der Waals surface area contributed by atoms with Crippen molar-refractivity contribution in [3.05, 3.63) is 22.2 Å². The number of hydrogen-bond donors (Lipinski definition) is 1. The molecule has 1 saturated carbocycles. The second kappa shape index (κ2) is 4.29. The molecule has 0 radical (unpaired) electrons. The van der Waals surface area contributed by atoms with E-state index in [1.807, 2.05) is 0 Å². The van der Waals surface area contributed by atoms with E-state index in [9.17, 15) is 9.59 Å². The van der Waals surface area contributed by atoms with Gasteiger partial charge < -0.3 is 5.11 Å². The summed E-state index contributed by atoms with van der Waals surface area (Å²) < 4.78 is 0.575. The fraction of sp³-hybridized carbons (Fsp3) is 0.400. The Labute approximate surface area is 100 Å².